The Balaban J connectivity index is 2.07. The largest absolute Gasteiger partial charge is 0.347 e. The number of nitrogens with zero attached hydrogens (tertiary/aromatic N) is 2. The summed E-state index contributed by atoms with van der Waals surface area (Å²) in [5.74, 6) is 0. The molecule has 0 spiro atoms. The van der Waals surface area contributed by atoms with Gasteiger partial charge in [0.2, 0.25) is 0 Å². The molecule has 0 saturated heterocycles. The van der Waals surface area contributed by atoms with E-state index in [1.54, 1.807) is 11.3 Å². The highest BCUT2D eigenvalue weighted by Gasteiger charge is 2.06. The lowest BCUT2D eigenvalue weighted by Crippen LogP contribution is -2.15. The van der Waals surface area contributed by atoms with Crippen LogP contribution in [0.2, 0.25) is 0 Å². The van der Waals surface area contributed by atoms with Gasteiger partial charge < -0.3 is 4.90 Å². The van der Waals surface area contributed by atoms with Gasteiger partial charge in [0, 0.05) is 19.0 Å². The molecule has 0 bridgehead atoms. The van der Waals surface area contributed by atoms with E-state index >= 15 is 0 Å². The molecule has 16 heavy (non-hydrogen) atoms. The van der Waals surface area contributed by atoms with Gasteiger partial charge in [-0.3, -0.25) is 0 Å². The van der Waals surface area contributed by atoms with Crippen LogP contribution in [-0.4, -0.2) is 12.0 Å². The molecular weight excluding hydrogens is 284 g/mol. The number of hydrogen-bond donors (Lipinski definition) is 0. The monoisotopic (exact) mass is 296 g/mol. The van der Waals surface area contributed by atoms with Crippen molar-refractivity contribution in [1.82, 2.24) is 4.98 Å². The summed E-state index contributed by atoms with van der Waals surface area (Å²) >= 11 is 5.02. The first-order chi connectivity index (χ1) is 7.65. The van der Waals surface area contributed by atoms with Crippen LogP contribution in [0.1, 0.15) is 11.1 Å². The first kappa shape index (κ1) is 11.6. The minimum atomic E-state index is 0.889. The van der Waals surface area contributed by atoms with Crippen LogP contribution in [0.5, 0.6) is 0 Å². The Kier molecular flexibility index (Phi) is 3.61. The minimum absolute atomic E-state index is 0.889. The van der Waals surface area contributed by atoms with Crippen molar-refractivity contribution in [3.63, 3.8) is 0 Å². The second kappa shape index (κ2) is 4.97. The van der Waals surface area contributed by atoms with Crippen LogP contribution in [-0.2, 0) is 6.54 Å². The second-order valence-corrected chi connectivity index (χ2v) is 5.44. The molecule has 0 fully saturated rings. The van der Waals surface area contributed by atoms with E-state index in [1.807, 2.05) is 5.38 Å². The van der Waals surface area contributed by atoms with E-state index in [0.29, 0.717) is 0 Å². The highest BCUT2D eigenvalue weighted by atomic mass is 79.9. The fourth-order valence-corrected chi connectivity index (χ4v) is 2.67. The van der Waals surface area contributed by atoms with Crippen LogP contribution in [0.15, 0.2) is 34.2 Å². The summed E-state index contributed by atoms with van der Waals surface area (Å²) in [5, 5.41) is 3.04. The van der Waals surface area contributed by atoms with E-state index in [0.717, 1.165) is 16.3 Å². The Labute approximate surface area is 108 Å². The maximum atomic E-state index is 4.39. The zero-order valence-corrected chi connectivity index (χ0v) is 11.7. The van der Waals surface area contributed by atoms with E-state index in [-0.39, 0.29) is 0 Å². The number of anilines is 1. The average molecular weight is 297 g/mol. The first-order valence-corrected chi connectivity index (χ1v) is 6.70. The van der Waals surface area contributed by atoms with E-state index in [2.05, 4.69) is 64.1 Å². The summed E-state index contributed by atoms with van der Waals surface area (Å²) in [4.78, 5) is 6.54. The van der Waals surface area contributed by atoms with Gasteiger partial charge >= 0.3 is 0 Å². The second-order valence-electron chi connectivity index (χ2n) is 3.79. The third-order valence-corrected chi connectivity index (χ3v) is 4.00. The van der Waals surface area contributed by atoms with E-state index in [4.69, 9.17) is 0 Å². The predicted octanol–water partition coefficient (Wildman–Crippen LogP) is 3.85. The van der Waals surface area contributed by atoms with Crippen molar-refractivity contribution in [3.05, 3.63) is 45.4 Å². The molecule has 1 aromatic heterocycles. The predicted molar refractivity (Wildman–Crippen MR) is 73.1 cm³/mol. The lowest BCUT2D eigenvalue weighted by molar-refractivity contribution is 0.912. The Morgan fingerprint density at radius 2 is 2.00 bits per heavy atom. The van der Waals surface area contributed by atoms with Crippen molar-refractivity contribution in [1.29, 1.82) is 0 Å². The van der Waals surface area contributed by atoms with Crippen LogP contribution < -0.4 is 4.90 Å². The number of thiazole rings is 1. The van der Waals surface area contributed by atoms with Gasteiger partial charge in [-0.25, -0.2) is 4.98 Å². The van der Waals surface area contributed by atoms with Crippen molar-refractivity contribution in [2.75, 3.05) is 11.9 Å². The zero-order valence-electron chi connectivity index (χ0n) is 9.27. The SMILES string of the molecule is Cc1ccc(CN(C)c2nc(Br)cs2)cc1. The molecule has 0 aliphatic heterocycles. The lowest BCUT2D eigenvalue weighted by atomic mass is 10.1. The Hall–Kier alpha value is -0.870. The maximum absolute atomic E-state index is 4.39. The molecule has 0 atom stereocenters. The highest BCUT2D eigenvalue weighted by molar-refractivity contribution is 9.10. The molecule has 1 heterocycles. The van der Waals surface area contributed by atoms with Crippen molar-refractivity contribution < 1.29 is 0 Å². The average Bonchev–Trinajstić information content (AvgIpc) is 2.68. The summed E-state index contributed by atoms with van der Waals surface area (Å²) in [5.41, 5.74) is 2.60. The van der Waals surface area contributed by atoms with E-state index < -0.39 is 0 Å². The van der Waals surface area contributed by atoms with Gasteiger partial charge in [0.25, 0.3) is 0 Å². The number of halogens is 1. The summed E-state index contributed by atoms with van der Waals surface area (Å²) in [6.45, 7) is 2.99. The number of aromatic nitrogens is 1. The summed E-state index contributed by atoms with van der Waals surface area (Å²) < 4.78 is 0.906. The normalized spacial score (nSPS) is 10.4. The van der Waals surface area contributed by atoms with Crippen molar-refractivity contribution >= 4 is 32.4 Å². The van der Waals surface area contributed by atoms with E-state index in [1.165, 1.54) is 11.1 Å². The van der Waals surface area contributed by atoms with Gasteiger partial charge in [0.15, 0.2) is 5.13 Å². The molecule has 0 aliphatic rings. The van der Waals surface area contributed by atoms with Gasteiger partial charge in [-0.05, 0) is 28.4 Å². The molecule has 0 aliphatic carbocycles. The van der Waals surface area contributed by atoms with Crippen LogP contribution in [0.3, 0.4) is 0 Å². The van der Waals surface area contributed by atoms with Crippen molar-refractivity contribution in [2.45, 2.75) is 13.5 Å². The molecule has 4 heteroatoms. The summed E-state index contributed by atoms with van der Waals surface area (Å²) in [6.07, 6.45) is 0. The molecule has 0 radical (unpaired) electrons. The van der Waals surface area contributed by atoms with Gasteiger partial charge in [-0.2, -0.15) is 0 Å². The van der Waals surface area contributed by atoms with Crippen LogP contribution >= 0.6 is 27.3 Å². The molecule has 0 saturated carbocycles. The third kappa shape index (κ3) is 2.83. The molecule has 0 N–H and O–H groups in total. The van der Waals surface area contributed by atoms with Gasteiger partial charge in [0.1, 0.15) is 4.60 Å². The molecule has 2 aromatic rings. The number of benzene rings is 1. The molecule has 0 unspecified atom stereocenters. The Morgan fingerprint density at radius 1 is 1.31 bits per heavy atom. The Bertz CT molecular complexity index is 464. The number of aryl methyl sites for hydroxylation is 1. The maximum Gasteiger partial charge on any atom is 0.186 e. The van der Waals surface area contributed by atoms with Crippen molar-refractivity contribution in [2.24, 2.45) is 0 Å². The zero-order chi connectivity index (χ0) is 11.5. The quantitative estimate of drug-likeness (QED) is 0.855. The molecule has 2 rings (SSSR count). The van der Waals surface area contributed by atoms with Crippen LogP contribution in [0.25, 0.3) is 0 Å². The highest BCUT2D eigenvalue weighted by Crippen LogP contribution is 2.23. The number of rotatable bonds is 3. The van der Waals surface area contributed by atoms with Gasteiger partial charge in [-0.1, -0.05) is 29.8 Å². The molecule has 2 nitrogen and oxygen atoms in total. The summed E-state index contributed by atoms with van der Waals surface area (Å²) in [6, 6.07) is 8.60. The number of hydrogen-bond acceptors (Lipinski definition) is 3. The van der Waals surface area contributed by atoms with E-state index in [9.17, 15) is 0 Å². The standard InChI is InChI=1S/C12H13BrN2S/c1-9-3-5-10(6-4-9)7-15(2)12-14-11(13)8-16-12/h3-6,8H,7H2,1-2H3. The third-order valence-electron chi connectivity index (χ3n) is 2.33. The van der Waals surface area contributed by atoms with Gasteiger partial charge in [-0.15, -0.1) is 11.3 Å². The Morgan fingerprint density at radius 3 is 2.56 bits per heavy atom. The molecular formula is C12H13BrN2S. The van der Waals surface area contributed by atoms with Gasteiger partial charge in [0.05, 0.1) is 0 Å². The van der Waals surface area contributed by atoms with Crippen LogP contribution in [0, 0.1) is 6.92 Å². The molecule has 84 valence electrons. The topological polar surface area (TPSA) is 16.1 Å². The van der Waals surface area contributed by atoms with Crippen molar-refractivity contribution in [3.8, 4) is 0 Å². The lowest BCUT2D eigenvalue weighted by Gasteiger charge is -2.15. The fraction of sp³-hybridized carbons (Fsp3) is 0.250. The molecule has 0 amide bonds. The smallest absolute Gasteiger partial charge is 0.186 e. The first-order valence-electron chi connectivity index (χ1n) is 5.03. The fourth-order valence-electron chi connectivity index (χ4n) is 1.46. The molecule has 1 aromatic carbocycles. The van der Waals surface area contributed by atoms with Crippen LogP contribution in [0.4, 0.5) is 5.13 Å². The minimum Gasteiger partial charge on any atom is -0.347 e. The summed E-state index contributed by atoms with van der Waals surface area (Å²) in [7, 11) is 2.06.